The fourth-order valence-corrected chi connectivity index (χ4v) is 2.07. The highest BCUT2D eigenvalue weighted by molar-refractivity contribution is 5.99. The van der Waals surface area contributed by atoms with Crippen LogP contribution in [0.3, 0.4) is 0 Å². The zero-order valence-corrected chi connectivity index (χ0v) is 11.5. The molecule has 2 aromatic rings. The zero-order chi connectivity index (χ0) is 14.7. The number of benzene rings is 2. The SMILES string of the molecule is CC(C)C(=O)c1ccc(-c2ccccc2C(=O)O)cc1. The van der Waals surface area contributed by atoms with Crippen LogP contribution in [0.25, 0.3) is 11.1 Å². The topological polar surface area (TPSA) is 54.4 Å². The van der Waals surface area contributed by atoms with Gasteiger partial charge in [-0.2, -0.15) is 0 Å². The molecule has 0 aliphatic heterocycles. The molecule has 20 heavy (non-hydrogen) atoms. The van der Waals surface area contributed by atoms with Crippen LogP contribution >= 0.6 is 0 Å². The maximum absolute atomic E-state index is 11.9. The number of ketones is 1. The quantitative estimate of drug-likeness (QED) is 0.856. The summed E-state index contributed by atoms with van der Waals surface area (Å²) in [5.41, 5.74) is 2.36. The molecular weight excluding hydrogens is 252 g/mol. The average Bonchev–Trinajstić information content (AvgIpc) is 2.46. The summed E-state index contributed by atoms with van der Waals surface area (Å²) in [6, 6.07) is 13.9. The van der Waals surface area contributed by atoms with Crippen LogP contribution in [0.2, 0.25) is 0 Å². The molecule has 0 bridgehead atoms. The molecule has 102 valence electrons. The van der Waals surface area contributed by atoms with Crippen molar-refractivity contribution in [3.63, 3.8) is 0 Å². The Bertz CT molecular complexity index is 640. The van der Waals surface area contributed by atoms with E-state index in [4.69, 9.17) is 0 Å². The molecule has 0 saturated heterocycles. The predicted octanol–water partition coefficient (Wildman–Crippen LogP) is 3.89. The largest absolute Gasteiger partial charge is 0.478 e. The van der Waals surface area contributed by atoms with Crippen LogP contribution in [0.15, 0.2) is 48.5 Å². The third-order valence-corrected chi connectivity index (χ3v) is 3.16. The summed E-state index contributed by atoms with van der Waals surface area (Å²) in [7, 11) is 0. The lowest BCUT2D eigenvalue weighted by Gasteiger charge is -2.08. The maximum atomic E-state index is 11.9. The molecule has 0 radical (unpaired) electrons. The van der Waals surface area contributed by atoms with Crippen LogP contribution in [0.5, 0.6) is 0 Å². The van der Waals surface area contributed by atoms with E-state index in [0.29, 0.717) is 11.1 Å². The van der Waals surface area contributed by atoms with Crippen molar-refractivity contribution in [3.05, 3.63) is 59.7 Å². The molecule has 0 atom stereocenters. The third-order valence-electron chi connectivity index (χ3n) is 3.16. The molecule has 3 heteroatoms. The van der Waals surface area contributed by atoms with Crippen molar-refractivity contribution in [3.8, 4) is 11.1 Å². The molecule has 0 amide bonds. The molecule has 0 aliphatic carbocycles. The number of hydrogen-bond donors (Lipinski definition) is 1. The second-order valence-corrected chi connectivity index (χ2v) is 4.95. The van der Waals surface area contributed by atoms with Gasteiger partial charge >= 0.3 is 5.97 Å². The first-order valence-electron chi connectivity index (χ1n) is 6.47. The Morgan fingerprint density at radius 1 is 0.950 bits per heavy atom. The van der Waals surface area contributed by atoms with E-state index in [1.54, 1.807) is 48.5 Å². The van der Waals surface area contributed by atoms with E-state index in [1.807, 2.05) is 13.8 Å². The van der Waals surface area contributed by atoms with Crippen LogP contribution in [0, 0.1) is 5.92 Å². The fraction of sp³-hybridized carbons (Fsp3) is 0.176. The van der Waals surface area contributed by atoms with E-state index >= 15 is 0 Å². The number of carbonyl (C=O) groups is 2. The van der Waals surface area contributed by atoms with Crippen LogP contribution in [-0.2, 0) is 0 Å². The fourth-order valence-electron chi connectivity index (χ4n) is 2.07. The Morgan fingerprint density at radius 3 is 2.10 bits per heavy atom. The summed E-state index contributed by atoms with van der Waals surface area (Å²) in [6.07, 6.45) is 0. The number of carboxylic acid groups (broad SMARTS) is 1. The Kier molecular flexibility index (Phi) is 3.99. The first-order valence-corrected chi connectivity index (χ1v) is 6.47. The van der Waals surface area contributed by atoms with Gasteiger partial charge in [0.05, 0.1) is 5.56 Å². The minimum absolute atomic E-state index is 0.0489. The number of aromatic carboxylic acids is 1. The Morgan fingerprint density at radius 2 is 1.55 bits per heavy atom. The Hall–Kier alpha value is -2.42. The number of hydrogen-bond acceptors (Lipinski definition) is 2. The summed E-state index contributed by atoms with van der Waals surface area (Å²) >= 11 is 0. The van der Waals surface area contributed by atoms with E-state index < -0.39 is 5.97 Å². The second-order valence-electron chi connectivity index (χ2n) is 4.95. The van der Waals surface area contributed by atoms with Gasteiger partial charge in [0, 0.05) is 11.5 Å². The Balaban J connectivity index is 2.41. The van der Waals surface area contributed by atoms with Gasteiger partial charge in [0.15, 0.2) is 5.78 Å². The van der Waals surface area contributed by atoms with Gasteiger partial charge in [-0.05, 0) is 17.2 Å². The molecule has 0 saturated carbocycles. The van der Waals surface area contributed by atoms with E-state index in [9.17, 15) is 14.7 Å². The van der Waals surface area contributed by atoms with Gasteiger partial charge in [0.25, 0.3) is 0 Å². The van der Waals surface area contributed by atoms with Crippen LogP contribution in [-0.4, -0.2) is 16.9 Å². The van der Waals surface area contributed by atoms with Crippen molar-refractivity contribution >= 4 is 11.8 Å². The molecule has 2 rings (SSSR count). The smallest absolute Gasteiger partial charge is 0.336 e. The van der Waals surface area contributed by atoms with Gasteiger partial charge in [-0.15, -0.1) is 0 Å². The molecule has 1 N–H and O–H groups in total. The standard InChI is InChI=1S/C17H16O3/c1-11(2)16(18)13-9-7-12(8-10-13)14-5-3-4-6-15(14)17(19)20/h3-11H,1-2H3,(H,19,20). The highest BCUT2D eigenvalue weighted by atomic mass is 16.4. The lowest BCUT2D eigenvalue weighted by molar-refractivity contribution is 0.0697. The lowest BCUT2D eigenvalue weighted by Crippen LogP contribution is -2.07. The van der Waals surface area contributed by atoms with Crippen molar-refractivity contribution in [2.24, 2.45) is 5.92 Å². The molecule has 3 nitrogen and oxygen atoms in total. The van der Waals surface area contributed by atoms with Gasteiger partial charge in [-0.1, -0.05) is 56.3 Å². The van der Waals surface area contributed by atoms with Crippen molar-refractivity contribution < 1.29 is 14.7 Å². The number of Topliss-reactive ketones (excluding diaryl/α,β-unsaturated/α-hetero) is 1. The number of carbonyl (C=O) groups excluding carboxylic acids is 1. The van der Waals surface area contributed by atoms with E-state index in [2.05, 4.69) is 0 Å². The number of carboxylic acids is 1. The van der Waals surface area contributed by atoms with Crippen molar-refractivity contribution in [1.82, 2.24) is 0 Å². The molecule has 0 aromatic heterocycles. The van der Waals surface area contributed by atoms with Gasteiger partial charge in [-0.3, -0.25) is 4.79 Å². The number of rotatable bonds is 4. The highest BCUT2D eigenvalue weighted by Gasteiger charge is 2.13. The van der Waals surface area contributed by atoms with Gasteiger partial charge in [0.1, 0.15) is 0 Å². The Labute approximate surface area is 117 Å². The average molecular weight is 268 g/mol. The van der Waals surface area contributed by atoms with Crippen LogP contribution in [0.4, 0.5) is 0 Å². The van der Waals surface area contributed by atoms with Crippen molar-refractivity contribution in [2.75, 3.05) is 0 Å². The zero-order valence-electron chi connectivity index (χ0n) is 11.5. The van der Waals surface area contributed by atoms with Gasteiger partial charge in [-0.25, -0.2) is 4.79 Å². The highest BCUT2D eigenvalue weighted by Crippen LogP contribution is 2.24. The molecule has 2 aromatic carbocycles. The molecular formula is C17H16O3. The lowest BCUT2D eigenvalue weighted by atomic mass is 9.96. The summed E-state index contributed by atoms with van der Waals surface area (Å²) < 4.78 is 0. The van der Waals surface area contributed by atoms with Crippen LogP contribution < -0.4 is 0 Å². The molecule has 0 aliphatic rings. The molecule has 0 heterocycles. The first-order chi connectivity index (χ1) is 9.50. The van der Waals surface area contributed by atoms with Gasteiger partial charge in [0.2, 0.25) is 0 Å². The van der Waals surface area contributed by atoms with Crippen molar-refractivity contribution in [2.45, 2.75) is 13.8 Å². The normalized spacial score (nSPS) is 10.6. The van der Waals surface area contributed by atoms with E-state index in [0.717, 1.165) is 5.56 Å². The summed E-state index contributed by atoms with van der Waals surface area (Å²) in [5.74, 6) is -0.918. The first kappa shape index (κ1) is 14.0. The van der Waals surface area contributed by atoms with E-state index in [-0.39, 0.29) is 17.3 Å². The van der Waals surface area contributed by atoms with Crippen LogP contribution in [0.1, 0.15) is 34.6 Å². The summed E-state index contributed by atoms with van der Waals surface area (Å²) in [5, 5.41) is 9.19. The maximum Gasteiger partial charge on any atom is 0.336 e. The monoisotopic (exact) mass is 268 g/mol. The molecule has 0 spiro atoms. The molecule has 0 fully saturated rings. The van der Waals surface area contributed by atoms with Crippen molar-refractivity contribution in [1.29, 1.82) is 0 Å². The minimum Gasteiger partial charge on any atom is -0.478 e. The summed E-state index contributed by atoms with van der Waals surface area (Å²) in [4.78, 5) is 23.1. The summed E-state index contributed by atoms with van der Waals surface area (Å²) in [6.45, 7) is 3.71. The predicted molar refractivity (Wildman–Crippen MR) is 78.0 cm³/mol. The molecule has 0 unspecified atom stereocenters. The van der Waals surface area contributed by atoms with E-state index in [1.165, 1.54) is 0 Å². The minimum atomic E-state index is -0.956. The third kappa shape index (κ3) is 2.77. The van der Waals surface area contributed by atoms with Gasteiger partial charge < -0.3 is 5.11 Å². The second kappa shape index (κ2) is 5.70.